The SMILES string of the molecule is CCc1cccc(C)c1NC(=O)c1nocc1C. The summed E-state index contributed by atoms with van der Waals surface area (Å²) in [6, 6.07) is 5.98. The van der Waals surface area contributed by atoms with Gasteiger partial charge in [0.2, 0.25) is 0 Å². The normalized spacial score (nSPS) is 10.4. The Bertz CT molecular complexity index is 573. The van der Waals surface area contributed by atoms with Crippen molar-refractivity contribution in [3.63, 3.8) is 0 Å². The molecule has 1 N–H and O–H groups in total. The monoisotopic (exact) mass is 244 g/mol. The van der Waals surface area contributed by atoms with E-state index >= 15 is 0 Å². The maximum atomic E-state index is 12.1. The molecule has 1 amide bonds. The van der Waals surface area contributed by atoms with Crippen LogP contribution in [0.1, 0.15) is 34.1 Å². The van der Waals surface area contributed by atoms with E-state index in [1.165, 1.54) is 6.26 Å². The molecular formula is C14H16N2O2. The minimum absolute atomic E-state index is 0.231. The highest BCUT2D eigenvalue weighted by molar-refractivity contribution is 6.04. The Labute approximate surface area is 106 Å². The van der Waals surface area contributed by atoms with Gasteiger partial charge in [-0.1, -0.05) is 30.3 Å². The predicted molar refractivity (Wildman–Crippen MR) is 69.8 cm³/mol. The molecule has 0 fully saturated rings. The molecular weight excluding hydrogens is 228 g/mol. The van der Waals surface area contributed by atoms with Crippen LogP contribution >= 0.6 is 0 Å². The number of aryl methyl sites for hydroxylation is 3. The summed E-state index contributed by atoms with van der Waals surface area (Å²) in [6.45, 7) is 5.83. The molecule has 4 nitrogen and oxygen atoms in total. The van der Waals surface area contributed by atoms with Crippen LogP contribution in [0.4, 0.5) is 5.69 Å². The Morgan fingerprint density at radius 1 is 1.33 bits per heavy atom. The van der Waals surface area contributed by atoms with E-state index < -0.39 is 0 Å². The summed E-state index contributed by atoms with van der Waals surface area (Å²) in [5.74, 6) is -0.231. The number of rotatable bonds is 3. The highest BCUT2D eigenvalue weighted by Gasteiger charge is 2.15. The summed E-state index contributed by atoms with van der Waals surface area (Å²) < 4.78 is 4.78. The molecule has 0 saturated carbocycles. The minimum atomic E-state index is -0.231. The van der Waals surface area contributed by atoms with Crippen molar-refractivity contribution >= 4 is 11.6 Å². The Hall–Kier alpha value is -2.10. The van der Waals surface area contributed by atoms with Crippen molar-refractivity contribution < 1.29 is 9.32 Å². The number of benzene rings is 1. The first-order valence-corrected chi connectivity index (χ1v) is 5.94. The molecule has 0 saturated heterocycles. The zero-order valence-electron chi connectivity index (χ0n) is 10.8. The Morgan fingerprint density at radius 3 is 2.72 bits per heavy atom. The van der Waals surface area contributed by atoms with Crippen LogP contribution in [0.2, 0.25) is 0 Å². The lowest BCUT2D eigenvalue weighted by atomic mass is 10.1. The van der Waals surface area contributed by atoms with E-state index in [0.29, 0.717) is 5.69 Å². The van der Waals surface area contributed by atoms with E-state index in [9.17, 15) is 4.79 Å². The first kappa shape index (κ1) is 12.4. The van der Waals surface area contributed by atoms with Crippen LogP contribution in [0.5, 0.6) is 0 Å². The van der Waals surface area contributed by atoms with Gasteiger partial charge in [-0.05, 0) is 31.4 Å². The number of carbonyl (C=O) groups excluding carboxylic acids is 1. The molecule has 0 spiro atoms. The summed E-state index contributed by atoms with van der Waals surface area (Å²) >= 11 is 0. The summed E-state index contributed by atoms with van der Waals surface area (Å²) in [4.78, 5) is 12.1. The highest BCUT2D eigenvalue weighted by Crippen LogP contribution is 2.22. The molecule has 1 heterocycles. The van der Waals surface area contributed by atoms with Crippen LogP contribution in [0.3, 0.4) is 0 Å². The van der Waals surface area contributed by atoms with Gasteiger partial charge in [0, 0.05) is 11.3 Å². The van der Waals surface area contributed by atoms with E-state index in [-0.39, 0.29) is 5.91 Å². The second kappa shape index (κ2) is 5.04. The molecule has 2 aromatic rings. The van der Waals surface area contributed by atoms with Crippen molar-refractivity contribution in [2.24, 2.45) is 0 Å². The Balaban J connectivity index is 2.30. The fourth-order valence-corrected chi connectivity index (χ4v) is 1.88. The summed E-state index contributed by atoms with van der Waals surface area (Å²) in [6.07, 6.45) is 2.34. The van der Waals surface area contributed by atoms with Crippen LogP contribution in [0.25, 0.3) is 0 Å². The van der Waals surface area contributed by atoms with E-state index in [0.717, 1.165) is 28.8 Å². The van der Waals surface area contributed by atoms with Gasteiger partial charge in [-0.2, -0.15) is 0 Å². The number of carbonyl (C=O) groups is 1. The van der Waals surface area contributed by atoms with Crippen molar-refractivity contribution in [2.45, 2.75) is 27.2 Å². The van der Waals surface area contributed by atoms with Crippen LogP contribution in [-0.2, 0) is 6.42 Å². The molecule has 0 atom stereocenters. The van der Waals surface area contributed by atoms with Crippen LogP contribution < -0.4 is 5.32 Å². The topological polar surface area (TPSA) is 55.1 Å². The smallest absolute Gasteiger partial charge is 0.278 e. The van der Waals surface area contributed by atoms with Crippen LogP contribution in [0.15, 0.2) is 29.0 Å². The Morgan fingerprint density at radius 2 is 2.11 bits per heavy atom. The third kappa shape index (κ3) is 2.27. The van der Waals surface area contributed by atoms with Crippen molar-refractivity contribution in [1.82, 2.24) is 5.16 Å². The molecule has 0 unspecified atom stereocenters. The van der Waals surface area contributed by atoms with Gasteiger partial charge in [-0.25, -0.2) is 0 Å². The molecule has 4 heteroatoms. The van der Waals surface area contributed by atoms with Gasteiger partial charge >= 0.3 is 0 Å². The second-order valence-corrected chi connectivity index (χ2v) is 4.26. The predicted octanol–water partition coefficient (Wildman–Crippen LogP) is 3.11. The van der Waals surface area contributed by atoms with Crippen molar-refractivity contribution in [1.29, 1.82) is 0 Å². The van der Waals surface area contributed by atoms with Gasteiger partial charge in [-0.3, -0.25) is 4.79 Å². The van der Waals surface area contributed by atoms with Gasteiger partial charge < -0.3 is 9.84 Å². The second-order valence-electron chi connectivity index (χ2n) is 4.26. The van der Waals surface area contributed by atoms with Gasteiger partial charge in [-0.15, -0.1) is 0 Å². The minimum Gasteiger partial charge on any atom is -0.364 e. The quantitative estimate of drug-likeness (QED) is 0.902. The first-order valence-electron chi connectivity index (χ1n) is 5.94. The number of aromatic nitrogens is 1. The highest BCUT2D eigenvalue weighted by atomic mass is 16.5. The number of nitrogens with one attached hydrogen (secondary N) is 1. The van der Waals surface area contributed by atoms with E-state index in [2.05, 4.69) is 17.4 Å². The molecule has 1 aromatic heterocycles. The van der Waals surface area contributed by atoms with Crippen LogP contribution in [-0.4, -0.2) is 11.1 Å². The standard InChI is InChI=1S/C14H16N2O2/c1-4-11-7-5-6-9(2)12(11)15-14(17)13-10(3)8-18-16-13/h5-8H,4H2,1-3H3,(H,15,17). The van der Waals surface area contributed by atoms with Gasteiger partial charge in [0.15, 0.2) is 5.69 Å². The van der Waals surface area contributed by atoms with E-state index in [1.54, 1.807) is 6.92 Å². The molecule has 18 heavy (non-hydrogen) atoms. The lowest BCUT2D eigenvalue weighted by molar-refractivity contribution is 0.101. The summed E-state index contributed by atoms with van der Waals surface area (Å²) in [5.41, 5.74) is 4.10. The zero-order valence-corrected chi connectivity index (χ0v) is 10.8. The largest absolute Gasteiger partial charge is 0.364 e. The lowest BCUT2D eigenvalue weighted by Gasteiger charge is -2.12. The molecule has 94 valence electrons. The number of hydrogen-bond acceptors (Lipinski definition) is 3. The van der Waals surface area contributed by atoms with Crippen molar-refractivity contribution in [3.05, 3.63) is 46.8 Å². The molecule has 0 aliphatic heterocycles. The lowest BCUT2D eigenvalue weighted by Crippen LogP contribution is -2.15. The molecule has 0 aliphatic carbocycles. The zero-order chi connectivity index (χ0) is 13.1. The summed E-state index contributed by atoms with van der Waals surface area (Å²) in [5, 5.41) is 6.62. The molecule has 0 aliphatic rings. The van der Waals surface area contributed by atoms with Crippen LogP contribution in [0, 0.1) is 13.8 Å². The van der Waals surface area contributed by atoms with Crippen molar-refractivity contribution in [3.8, 4) is 0 Å². The van der Waals surface area contributed by atoms with Gasteiger partial charge in [0.25, 0.3) is 5.91 Å². The average molecular weight is 244 g/mol. The number of para-hydroxylation sites is 1. The summed E-state index contributed by atoms with van der Waals surface area (Å²) in [7, 11) is 0. The fourth-order valence-electron chi connectivity index (χ4n) is 1.88. The molecule has 0 radical (unpaired) electrons. The third-order valence-corrected chi connectivity index (χ3v) is 2.94. The molecule has 2 rings (SSSR count). The Kier molecular flexibility index (Phi) is 3.46. The maximum absolute atomic E-state index is 12.1. The maximum Gasteiger partial charge on any atom is 0.278 e. The third-order valence-electron chi connectivity index (χ3n) is 2.94. The van der Waals surface area contributed by atoms with Crippen molar-refractivity contribution in [2.75, 3.05) is 5.32 Å². The van der Waals surface area contributed by atoms with E-state index in [1.807, 2.05) is 25.1 Å². The first-order chi connectivity index (χ1) is 8.63. The van der Waals surface area contributed by atoms with Gasteiger partial charge in [0.05, 0.1) is 0 Å². The molecule has 0 bridgehead atoms. The number of amides is 1. The fraction of sp³-hybridized carbons (Fsp3) is 0.286. The van der Waals surface area contributed by atoms with E-state index in [4.69, 9.17) is 4.52 Å². The van der Waals surface area contributed by atoms with Gasteiger partial charge in [0.1, 0.15) is 6.26 Å². The molecule has 1 aromatic carbocycles. The number of anilines is 1. The number of hydrogen-bond donors (Lipinski definition) is 1. The number of nitrogens with zero attached hydrogens (tertiary/aromatic N) is 1. The average Bonchev–Trinajstić information content (AvgIpc) is 2.78.